The number of aliphatic hydroxyl groups is 1. The van der Waals surface area contributed by atoms with Crippen molar-refractivity contribution in [2.24, 2.45) is 0 Å². The predicted octanol–water partition coefficient (Wildman–Crippen LogP) is 0.878. The zero-order chi connectivity index (χ0) is 10.7. The lowest BCUT2D eigenvalue weighted by Gasteiger charge is -2.32. The van der Waals surface area contributed by atoms with E-state index in [1.807, 2.05) is 0 Å². The van der Waals surface area contributed by atoms with Crippen LogP contribution < -0.4 is 5.32 Å². The number of hydrogen-bond acceptors (Lipinski definition) is 3. The number of halogens is 1. The zero-order valence-electron chi connectivity index (χ0n) is 8.54. The topological polar surface area (TPSA) is 45.2 Å². The van der Waals surface area contributed by atoms with E-state index in [0.717, 1.165) is 13.1 Å². The summed E-state index contributed by atoms with van der Waals surface area (Å²) < 4.78 is 13.3. The fraction of sp³-hybridized carbons (Fsp3) is 0.545. The van der Waals surface area contributed by atoms with Crippen LogP contribution in [0.1, 0.15) is 18.4 Å². The summed E-state index contributed by atoms with van der Waals surface area (Å²) in [5.41, 5.74) is -0.267. The lowest BCUT2D eigenvalue weighted by Crippen LogP contribution is -2.43. The molecule has 1 fully saturated rings. The van der Waals surface area contributed by atoms with Crippen LogP contribution >= 0.6 is 0 Å². The third kappa shape index (κ3) is 2.52. The summed E-state index contributed by atoms with van der Waals surface area (Å²) in [5.74, 6) is -0.468. The van der Waals surface area contributed by atoms with E-state index in [1.165, 1.54) is 6.20 Å². The highest BCUT2D eigenvalue weighted by atomic mass is 19.1. The molecule has 2 heterocycles. The maximum atomic E-state index is 13.3. The highest BCUT2D eigenvalue weighted by Gasteiger charge is 2.30. The average molecular weight is 210 g/mol. The third-order valence-electron chi connectivity index (χ3n) is 2.89. The van der Waals surface area contributed by atoms with Gasteiger partial charge in [-0.05, 0) is 32.0 Å². The van der Waals surface area contributed by atoms with E-state index in [9.17, 15) is 9.50 Å². The Morgan fingerprint density at radius 1 is 1.47 bits per heavy atom. The van der Waals surface area contributed by atoms with Crippen LogP contribution in [-0.2, 0) is 6.42 Å². The summed E-state index contributed by atoms with van der Waals surface area (Å²) in [6.45, 7) is 1.58. The van der Waals surface area contributed by atoms with Gasteiger partial charge in [0.2, 0.25) is 5.95 Å². The van der Waals surface area contributed by atoms with Crippen molar-refractivity contribution >= 4 is 0 Å². The normalized spacial score (nSPS) is 20.1. The van der Waals surface area contributed by atoms with Crippen LogP contribution in [-0.4, -0.2) is 28.8 Å². The van der Waals surface area contributed by atoms with E-state index in [4.69, 9.17) is 0 Å². The van der Waals surface area contributed by atoms with E-state index < -0.39 is 11.5 Å². The second kappa shape index (κ2) is 4.24. The smallest absolute Gasteiger partial charge is 0.216 e. The molecule has 3 nitrogen and oxygen atoms in total. The molecule has 15 heavy (non-hydrogen) atoms. The molecule has 0 radical (unpaired) electrons. The minimum absolute atomic E-state index is 0.356. The molecule has 1 aromatic heterocycles. The Labute approximate surface area is 88.3 Å². The molecule has 4 heteroatoms. The highest BCUT2D eigenvalue weighted by Crippen LogP contribution is 2.23. The first kappa shape index (κ1) is 10.5. The maximum Gasteiger partial charge on any atom is 0.216 e. The van der Waals surface area contributed by atoms with Gasteiger partial charge in [-0.15, -0.1) is 0 Å². The number of aromatic nitrogens is 1. The Kier molecular flexibility index (Phi) is 2.98. The molecule has 0 unspecified atom stereocenters. The molecule has 1 aromatic rings. The third-order valence-corrected chi connectivity index (χ3v) is 2.89. The van der Waals surface area contributed by atoms with Crippen molar-refractivity contribution in [1.29, 1.82) is 0 Å². The molecule has 0 amide bonds. The highest BCUT2D eigenvalue weighted by molar-refractivity contribution is 5.14. The first-order valence-corrected chi connectivity index (χ1v) is 5.22. The molecule has 0 spiro atoms. The van der Waals surface area contributed by atoms with Crippen molar-refractivity contribution < 1.29 is 9.50 Å². The van der Waals surface area contributed by atoms with Crippen molar-refractivity contribution in [1.82, 2.24) is 10.3 Å². The molecule has 0 aliphatic carbocycles. The fourth-order valence-corrected chi connectivity index (χ4v) is 1.97. The summed E-state index contributed by atoms with van der Waals surface area (Å²) in [4.78, 5) is 3.58. The van der Waals surface area contributed by atoms with Crippen LogP contribution in [0, 0.1) is 5.95 Å². The molecule has 0 saturated carbocycles. The molecule has 1 aliphatic rings. The van der Waals surface area contributed by atoms with Gasteiger partial charge < -0.3 is 10.4 Å². The lowest BCUT2D eigenvalue weighted by atomic mass is 9.86. The molecular formula is C11H15FN2O. The molecule has 1 aliphatic heterocycles. The molecule has 0 aromatic carbocycles. The summed E-state index contributed by atoms with van der Waals surface area (Å²) in [7, 11) is 0. The molecule has 2 rings (SSSR count). The van der Waals surface area contributed by atoms with Gasteiger partial charge in [0.25, 0.3) is 0 Å². The monoisotopic (exact) mass is 210 g/mol. The van der Waals surface area contributed by atoms with Gasteiger partial charge in [0.1, 0.15) is 0 Å². The summed E-state index contributed by atoms with van der Waals surface area (Å²) >= 11 is 0. The number of nitrogens with zero attached hydrogens (tertiary/aromatic N) is 1. The molecule has 1 saturated heterocycles. The summed E-state index contributed by atoms with van der Waals surface area (Å²) in [5, 5.41) is 13.4. The SMILES string of the molecule is OC1(Cc2cccnc2F)CCNCC1. The number of hydrogen-bond donors (Lipinski definition) is 2. The Morgan fingerprint density at radius 3 is 2.87 bits per heavy atom. The van der Waals surface area contributed by atoms with Gasteiger partial charge in [0.05, 0.1) is 5.60 Å². The second-order valence-corrected chi connectivity index (χ2v) is 4.10. The Bertz CT molecular complexity index is 337. The van der Waals surface area contributed by atoms with E-state index in [0.29, 0.717) is 24.8 Å². The second-order valence-electron chi connectivity index (χ2n) is 4.10. The Balaban J connectivity index is 2.10. The Hall–Kier alpha value is -1.00. The molecule has 0 atom stereocenters. The van der Waals surface area contributed by atoms with E-state index in [-0.39, 0.29) is 0 Å². The predicted molar refractivity (Wildman–Crippen MR) is 55.0 cm³/mol. The lowest BCUT2D eigenvalue weighted by molar-refractivity contribution is 0.00999. The fourth-order valence-electron chi connectivity index (χ4n) is 1.97. The minimum atomic E-state index is -0.769. The van der Waals surface area contributed by atoms with Gasteiger partial charge in [-0.25, -0.2) is 4.98 Å². The van der Waals surface area contributed by atoms with Gasteiger partial charge in [0.15, 0.2) is 0 Å². The standard InChI is InChI=1S/C11H15FN2O/c12-10-9(2-1-5-14-10)8-11(15)3-6-13-7-4-11/h1-2,5,13,15H,3-4,6-8H2. The minimum Gasteiger partial charge on any atom is -0.389 e. The van der Waals surface area contributed by atoms with Crippen LogP contribution in [0.4, 0.5) is 4.39 Å². The number of pyridine rings is 1. The summed E-state index contributed by atoms with van der Waals surface area (Å²) in [6, 6.07) is 3.38. The van der Waals surface area contributed by atoms with Crippen molar-refractivity contribution in [3.63, 3.8) is 0 Å². The van der Waals surface area contributed by atoms with Crippen LogP contribution in [0.15, 0.2) is 18.3 Å². The molecular weight excluding hydrogens is 195 g/mol. The van der Waals surface area contributed by atoms with Gasteiger partial charge >= 0.3 is 0 Å². The van der Waals surface area contributed by atoms with Crippen LogP contribution in [0.3, 0.4) is 0 Å². The maximum absolute atomic E-state index is 13.3. The molecule has 2 N–H and O–H groups in total. The first-order chi connectivity index (χ1) is 7.20. The van der Waals surface area contributed by atoms with Gasteiger partial charge in [-0.3, -0.25) is 0 Å². The van der Waals surface area contributed by atoms with Gasteiger partial charge in [0, 0.05) is 18.2 Å². The van der Waals surface area contributed by atoms with Crippen LogP contribution in [0.5, 0.6) is 0 Å². The zero-order valence-corrected chi connectivity index (χ0v) is 8.54. The van der Waals surface area contributed by atoms with E-state index >= 15 is 0 Å². The van der Waals surface area contributed by atoms with Crippen LogP contribution in [0.2, 0.25) is 0 Å². The molecule has 82 valence electrons. The van der Waals surface area contributed by atoms with Gasteiger partial charge in [-0.2, -0.15) is 4.39 Å². The molecule has 0 bridgehead atoms. The Morgan fingerprint density at radius 2 is 2.20 bits per heavy atom. The van der Waals surface area contributed by atoms with E-state index in [2.05, 4.69) is 10.3 Å². The first-order valence-electron chi connectivity index (χ1n) is 5.22. The number of nitrogens with one attached hydrogen (secondary N) is 1. The average Bonchev–Trinajstić information content (AvgIpc) is 2.22. The quantitative estimate of drug-likeness (QED) is 0.712. The number of piperidine rings is 1. The van der Waals surface area contributed by atoms with Crippen molar-refractivity contribution in [3.8, 4) is 0 Å². The largest absolute Gasteiger partial charge is 0.389 e. The van der Waals surface area contributed by atoms with Crippen LogP contribution in [0.25, 0.3) is 0 Å². The van der Waals surface area contributed by atoms with Crippen molar-refractivity contribution in [2.45, 2.75) is 24.9 Å². The van der Waals surface area contributed by atoms with Crippen molar-refractivity contribution in [3.05, 3.63) is 29.8 Å². The van der Waals surface area contributed by atoms with Crippen molar-refractivity contribution in [2.75, 3.05) is 13.1 Å². The van der Waals surface area contributed by atoms with E-state index in [1.54, 1.807) is 12.1 Å². The number of rotatable bonds is 2. The summed E-state index contributed by atoms with van der Waals surface area (Å²) in [6.07, 6.45) is 3.11. The van der Waals surface area contributed by atoms with Gasteiger partial charge in [-0.1, -0.05) is 6.07 Å².